The topological polar surface area (TPSA) is 73.1 Å². The standard InChI is InChI=1S/C12H13ClN4O/c1-7-3-8(2)5-9(4-7)18-11-10(13)6-15-12(16-11)17-14/h3-6H,14H2,1-2H3,(H,15,16,17). The molecule has 0 spiro atoms. The minimum atomic E-state index is 0.249. The average Bonchev–Trinajstić information content (AvgIpc) is 2.30. The first-order valence-electron chi connectivity index (χ1n) is 5.34. The quantitative estimate of drug-likeness (QED) is 0.659. The second kappa shape index (κ2) is 5.20. The van der Waals surface area contributed by atoms with Gasteiger partial charge in [-0.05, 0) is 37.1 Å². The Kier molecular flexibility index (Phi) is 3.64. The fraction of sp³-hybridized carbons (Fsp3) is 0.167. The molecule has 5 nitrogen and oxygen atoms in total. The van der Waals surface area contributed by atoms with E-state index in [9.17, 15) is 0 Å². The minimum absolute atomic E-state index is 0.249. The fourth-order valence-corrected chi connectivity index (χ4v) is 1.73. The van der Waals surface area contributed by atoms with Crippen LogP contribution in [0.5, 0.6) is 11.6 Å². The molecular weight excluding hydrogens is 252 g/mol. The Morgan fingerprint density at radius 2 is 1.89 bits per heavy atom. The van der Waals surface area contributed by atoms with Crippen LogP contribution in [0.25, 0.3) is 0 Å². The molecule has 2 rings (SSSR count). The van der Waals surface area contributed by atoms with Crippen LogP contribution >= 0.6 is 11.6 Å². The van der Waals surface area contributed by atoms with Gasteiger partial charge >= 0.3 is 0 Å². The van der Waals surface area contributed by atoms with Gasteiger partial charge in [-0.1, -0.05) is 17.7 Å². The number of aromatic nitrogens is 2. The highest BCUT2D eigenvalue weighted by molar-refractivity contribution is 6.31. The van der Waals surface area contributed by atoms with Gasteiger partial charge in [0.05, 0.1) is 6.20 Å². The highest BCUT2D eigenvalue weighted by Crippen LogP contribution is 2.28. The van der Waals surface area contributed by atoms with Crippen molar-refractivity contribution in [3.63, 3.8) is 0 Å². The molecule has 18 heavy (non-hydrogen) atoms. The average molecular weight is 265 g/mol. The fourth-order valence-electron chi connectivity index (χ4n) is 1.60. The summed E-state index contributed by atoms with van der Waals surface area (Å²) < 4.78 is 5.63. The van der Waals surface area contributed by atoms with Crippen molar-refractivity contribution in [2.75, 3.05) is 5.43 Å². The van der Waals surface area contributed by atoms with E-state index < -0.39 is 0 Å². The number of ether oxygens (including phenoxy) is 1. The number of halogens is 1. The predicted molar refractivity (Wildman–Crippen MR) is 70.8 cm³/mol. The van der Waals surface area contributed by atoms with Gasteiger partial charge in [-0.15, -0.1) is 0 Å². The van der Waals surface area contributed by atoms with E-state index >= 15 is 0 Å². The lowest BCUT2D eigenvalue weighted by molar-refractivity contribution is 0.462. The van der Waals surface area contributed by atoms with E-state index in [2.05, 4.69) is 21.5 Å². The smallest absolute Gasteiger partial charge is 0.243 e. The summed E-state index contributed by atoms with van der Waals surface area (Å²) in [7, 11) is 0. The summed E-state index contributed by atoms with van der Waals surface area (Å²) >= 11 is 5.96. The Hall–Kier alpha value is -1.85. The van der Waals surface area contributed by atoms with Gasteiger partial charge in [-0.3, -0.25) is 5.43 Å². The number of nitrogens with one attached hydrogen (secondary N) is 1. The molecular formula is C12H13ClN4O. The monoisotopic (exact) mass is 264 g/mol. The normalized spacial score (nSPS) is 10.2. The van der Waals surface area contributed by atoms with Gasteiger partial charge in [0.2, 0.25) is 11.8 Å². The van der Waals surface area contributed by atoms with Crippen molar-refractivity contribution in [1.82, 2.24) is 9.97 Å². The first kappa shape index (κ1) is 12.6. The molecule has 0 aliphatic carbocycles. The first-order valence-corrected chi connectivity index (χ1v) is 5.71. The van der Waals surface area contributed by atoms with Gasteiger partial charge in [0.15, 0.2) is 0 Å². The van der Waals surface area contributed by atoms with Gasteiger partial charge in [0.25, 0.3) is 0 Å². The maximum absolute atomic E-state index is 5.96. The van der Waals surface area contributed by atoms with Crippen molar-refractivity contribution in [3.05, 3.63) is 40.5 Å². The molecule has 1 heterocycles. The van der Waals surface area contributed by atoms with Crippen molar-refractivity contribution in [1.29, 1.82) is 0 Å². The van der Waals surface area contributed by atoms with Crippen LogP contribution in [-0.4, -0.2) is 9.97 Å². The lowest BCUT2D eigenvalue weighted by Gasteiger charge is -2.09. The van der Waals surface area contributed by atoms with E-state index in [0.29, 0.717) is 10.8 Å². The minimum Gasteiger partial charge on any atom is -0.437 e. The molecule has 0 amide bonds. The van der Waals surface area contributed by atoms with Gasteiger partial charge in [0, 0.05) is 0 Å². The first-order chi connectivity index (χ1) is 8.58. The molecule has 3 N–H and O–H groups in total. The molecule has 2 aromatic rings. The van der Waals surface area contributed by atoms with Crippen LogP contribution in [0.15, 0.2) is 24.4 Å². The van der Waals surface area contributed by atoms with Crippen molar-refractivity contribution in [2.45, 2.75) is 13.8 Å². The molecule has 0 saturated carbocycles. The predicted octanol–water partition coefficient (Wildman–Crippen LogP) is 2.82. The number of hydrogen-bond donors (Lipinski definition) is 2. The van der Waals surface area contributed by atoms with Crippen LogP contribution in [0.4, 0.5) is 5.95 Å². The lowest BCUT2D eigenvalue weighted by atomic mass is 10.1. The molecule has 0 saturated heterocycles. The summed E-state index contributed by atoms with van der Waals surface area (Å²) in [6.45, 7) is 3.99. The number of anilines is 1. The number of benzene rings is 1. The van der Waals surface area contributed by atoms with Gasteiger partial charge in [0.1, 0.15) is 10.8 Å². The number of aryl methyl sites for hydroxylation is 2. The Bertz CT molecular complexity index is 554. The second-order valence-electron chi connectivity index (χ2n) is 3.92. The van der Waals surface area contributed by atoms with E-state index in [4.69, 9.17) is 22.2 Å². The van der Waals surface area contributed by atoms with Gasteiger partial charge < -0.3 is 4.74 Å². The molecule has 1 aromatic carbocycles. The summed E-state index contributed by atoms with van der Waals surface area (Å²) in [5.74, 6) is 6.43. The zero-order valence-electron chi connectivity index (χ0n) is 10.1. The number of hydrazine groups is 1. The van der Waals surface area contributed by atoms with E-state index in [1.54, 1.807) is 0 Å². The number of nitrogens with two attached hydrogens (primary N) is 1. The highest BCUT2D eigenvalue weighted by atomic mass is 35.5. The van der Waals surface area contributed by atoms with Gasteiger partial charge in [-0.2, -0.15) is 4.98 Å². The van der Waals surface area contributed by atoms with E-state index in [1.807, 2.05) is 26.0 Å². The molecule has 6 heteroatoms. The largest absolute Gasteiger partial charge is 0.437 e. The van der Waals surface area contributed by atoms with Crippen molar-refractivity contribution < 1.29 is 4.74 Å². The van der Waals surface area contributed by atoms with Gasteiger partial charge in [-0.25, -0.2) is 10.8 Å². The SMILES string of the molecule is Cc1cc(C)cc(Oc2nc(NN)ncc2Cl)c1. The number of nitrogens with zero attached hydrogens (tertiary/aromatic N) is 2. The van der Waals surface area contributed by atoms with Crippen molar-refractivity contribution >= 4 is 17.5 Å². The summed E-state index contributed by atoms with van der Waals surface area (Å²) in [5.41, 5.74) is 4.55. The number of nitrogen functional groups attached to an aromatic ring is 1. The van der Waals surface area contributed by atoms with Crippen molar-refractivity contribution in [2.24, 2.45) is 5.84 Å². The zero-order valence-corrected chi connectivity index (χ0v) is 10.8. The molecule has 0 fully saturated rings. The summed E-state index contributed by atoms with van der Waals surface area (Å²) in [5, 5.41) is 0.327. The molecule has 0 aliphatic heterocycles. The molecule has 94 valence electrons. The van der Waals surface area contributed by atoms with Crippen LogP contribution in [0.1, 0.15) is 11.1 Å². The van der Waals surface area contributed by atoms with Crippen LogP contribution in [0.2, 0.25) is 5.02 Å². The van der Waals surface area contributed by atoms with Crippen LogP contribution in [-0.2, 0) is 0 Å². The second-order valence-corrected chi connectivity index (χ2v) is 4.32. The number of rotatable bonds is 3. The zero-order chi connectivity index (χ0) is 13.1. The molecule has 0 aliphatic rings. The van der Waals surface area contributed by atoms with Crippen LogP contribution < -0.4 is 16.0 Å². The van der Waals surface area contributed by atoms with Crippen LogP contribution in [0.3, 0.4) is 0 Å². The summed E-state index contributed by atoms with van der Waals surface area (Å²) in [6.07, 6.45) is 1.43. The molecule has 0 bridgehead atoms. The van der Waals surface area contributed by atoms with E-state index in [0.717, 1.165) is 11.1 Å². The summed E-state index contributed by atoms with van der Waals surface area (Å²) in [4.78, 5) is 7.92. The number of hydrogen-bond acceptors (Lipinski definition) is 5. The molecule has 0 radical (unpaired) electrons. The molecule has 0 atom stereocenters. The maximum atomic E-state index is 5.96. The lowest BCUT2D eigenvalue weighted by Crippen LogP contribution is -2.10. The Morgan fingerprint density at radius 3 is 2.50 bits per heavy atom. The third-order valence-electron chi connectivity index (χ3n) is 2.25. The van der Waals surface area contributed by atoms with Crippen molar-refractivity contribution in [3.8, 4) is 11.6 Å². The highest BCUT2D eigenvalue weighted by Gasteiger charge is 2.08. The summed E-state index contributed by atoms with van der Waals surface area (Å²) in [6, 6.07) is 5.86. The molecule has 0 unspecified atom stereocenters. The van der Waals surface area contributed by atoms with E-state index in [1.165, 1.54) is 6.20 Å². The van der Waals surface area contributed by atoms with E-state index in [-0.39, 0.29) is 11.8 Å². The Labute approximate surface area is 110 Å². The Morgan fingerprint density at radius 1 is 1.22 bits per heavy atom. The third-order valence-corrected chi connectivity index (χ3v) is 2.51. The third kappa shape index (κ3) is 2.88. The maximum Gasteiger partial charge on any atom is 0.243 e. The van der Waals surface area contributed by atoms with Crippen LogP contribution in [0, 0.1) is 13.8 Å². The molecule has 1 aromatic heterocycles. The Balaban J connectivity index is 2.33.